The summed E-state index contributed by atoms with van der Waals surface area (Å²) in [6.07, 6.45) is 2.43. The number of nitro groups is 1. The second-order valence-corrected chi connectivity index (χ2v) is 11.5. The summed E-state index contributed by atoms with van der Waals surface area (Å²) in [6, 6.07) is 12.5. The Balaban J connectivity index is 0.000000339. The monoisotopic (exact) mass is 722 g/mol. The molecule has 0 unspecified atom stereocenters. The number of carbonyl (C=O) groups excluding carboxylic acids is 2. The van der Waals surface area contributed by atoms with Crippen molar-refractivity contribution in [3.05, 3.63) is 96.6 Å². The SMILES string of the molecule is CCOC(=O)CCCc1ccc(F)cc1NC(=O)[C@@H]1C[C@]12CCOc1ccc(C(=O)O)cc12.O=[N+]([O-])c1ccc(I)c(F)c1. The van der Waals surface area contributed by atoms with Gasteiger partial charge in [0.05, 0.1) is 29.8 Å². The number of carbonyl (C=O) groups is 3. The van der Waals surface area contributed by atoms with Gasteiger partial charge < -0.3 is 19.9 Å². The van der Waals surface area contributed by atoms with Gasteiger partial charge in [-0.15, -0.1) is 0 Å². The van der Waals surface area contributed by atoms with Gasteiger partial charge in [0.1, 0.15) is 17.4 Å². The van der Waals surface area contributed by atoms with Gasteiger partial charge in [0.2, 0.25) is 5.91 Å². The van der Waals surface area contributed by atoms with Crippen molar-refractivity contribution >= 4 is 51.8 Å². The number of carboxylic acids is 1. The van der Waals surface area contributed by atoms with Gasteiger partial charge in [0.25, 0.3) is 5.69 Å². The first-order chi connectivity index (χ1) is 20.9. The number of non-ortho nitro benzene ring substituents is 1. The summed E-state index contributed by atoms with van der Waals surface area (Å²) < 4.78 is 37.6. The van der Waals surface area contributed by atoms with Crippen LogP contribution >= 0.6 is 22.6 Å². The lowest BCUT2D eigenvalue weighted by Crippen LogP contribution is -2.27. The Kier molecular flexibility index (Phi) is 10.5. The molecule has 1 amide bonds. The Labute approximate surface area is 265 Å². The fourth-order valence-electron chi connectivity index (χ4n) is 5.24. The van der Waals surface area contributed by atoms with E-state index < -0.39 is 27.9 Å². The molecule has 0 saturated heterocycles. The molecule has 0 radical (unpaired) electrons. The molecule has 2 atom stereocenters. The van der Waals surface area contributed by atoms with Gasteiger partial charge in [0.15, 0.2) is 0 Å². The number of hydrogen-bond acceptors (Lipinski definition) is 7. The molecular formula is C31H29F2IN2O8. The molecule has 1 aliphatic heterocycles. The fourth-order valence-corrected chi connectivity index (χ4v) is 5.57. The van der Waals surface area contributed by atoms with Crippen molar-refractivity contribution in [3.63, 3.8) is 0 Å². The summed E-state index contributed by atoms with van der Waals surface area (Å²) in [5, 5.41) is 22.3. The number of hydrogen-bond donors (Lipinski definition) is 2. The van der Waals surface area contributed by atoms with Crippen molar-refractivity contribution < 1.29 is 42.7 Å². The summed E-state index contributed by atoms with van der Waals surface area (Å²) in [5.74, 6) is -2.34. The number of carboxylic acid groups (broad SMARTS) is 1. The van der Waals surface area contributed by atoms with Crippen LogP contribution in [0.3, 0.4) is 0 Å². The second-order valence-electron chi connectivity index (χ2n) is 10.3. The smallest absolute Gasteiger partial charge is 0.335 e. The first kappa shape index (κ1) is 32.8. The zero-order chi connectivity index (χ0) is 32.0. The minimum atomic E-state index is -1.03. The molecule has 3 aromatic rings. The lowest BCUT2D eigenvalue weighted by molar-refractivity contribution is -0.385. The fraction of sp³-hybridized carbons (Fsp3) is 0.323. The van der Waals surface area contributed by atoms with E-state index in [1.165, 1.54) is 30.3 Å². The molecule has 10 nitrogen and oxygen atoms in total. The van der Waals surface area contributed by atoms with E-state index in [-0.39, 0.29) is 35.5 Å². The Morgan fingerprint density at radius 3 is 2.61 bits per heavy atom. The number of nitro benzene ring substituents is 1. The van der Waals surface area contributed by atoms with E-state index in [0.29, 0.717) is 53.9 Å². The van der Waals surface area contributed by atoms with Crippen LogP contribution in [0.25, 0.3) is 0 Å². The standard InChI is InChI=1S/C25H26FNO6.C6H3FINO2/c1-2-32-22(28)5-3-4-15-6-8-17(26)13-20(15)27-23(29)19-14-25(19)10-11-33-21-9-7-16(24(30)31)12-18(21)25;7-5-3-4(9(10)11)1-2-6(5)8/h6-9,12-13,19H,2-5,10-11,14H2,1H3,(H,27,29)(H,30,31);1-3H/t19-,25-;/m0./s1. The lowest BCUT2D eigenvalue weighted by atomic mass is 9.86. The van der Waals surface area contributed by atoms with Gasteiger partial charge in [-0.2, -0.15) is 0 Å². The maximum Gasteiger partial charge on any atom is 0.335 e. The largest absolute Gasteiger partial charge is 0.493 e. The number of nitrogens with zero attached hydrogens (tertiary/aromatic N) is 1. The van der Waals surface area contributed by atoms with Crippen molar-refractivity contribution in [3.8, 4) is 5.75 Å². The Bertz CT molecular complexity index is 1600. The number of aryl methyl sites for hydroxylation is 1. The normalized spacial score (nSPS) is 17.8. The predicted octanol–water partition coefficient (Wildman–Crippen LogP) is 6.43. The first-order valence-corrected chi connectivity index (χ1v) is 14.9. The molecule has 13 heteroatoms. The van der Waals surface area contributed by atoms with Gasteiger partial charge in [-0.25, -0.2) is 13.6 Å². The average molecular weight is 722 g/mol. The van der Waals surface area contributed by atoms with Crippen LogP contribution in [0.5, 0.6) is 5.75 Å². The van der Waals surface area contributed by atoms with Crippen LogP contribution in [0, 0.1) is 31.2 Å². The topological polar surface area (TPSA) is 145 Å². The second kappa shape index (κ2) is 14.1. The van der Waals surface area contributed by atoms with Crippen molar-refractivity contribution in [2.24, 2.45) is 5.92 Å². The number of nitrogens with one attached hydrogen (secondary N) is 1. The number of aromatic carboxylic acids is 1. The number of benzene rings is 3. The van der Waals surface area contributed by atoms with E-state index in [1.807, 2.05) is 0 Å². The maximum atomic E-state index is 13.9. The average Bonchev–Trinajstić information content (AvgIpc) is 3.70. The first-order valence-electron chi connectivity index (χ1n) is 13.8. The van der Waals surface area contributed by atoms with Gasteiger partial charge in [0, 0.05) is 38.6 Å². The van der Waals surface area contributed by atoms with Crippen LogP contribution in [0.4, 0.5) is 20.2 Å². The number of rotatable bonds is 9. The van der Waals surface area contributed by atoms with Crippen molar-refractivity contribution in [1.82, 2.24) is 0 Å². The van der Waals surface area contributed by atoms with Crippen LogP contribution in [-0.2, 0) is 26.2 Å². The van der Waals surface area contributed by atoms with E-state index in [1.54, 1.807) is 47.7 Å². The quantitative estimate of drug-likeness (QED) is 0.111. The molecule has 1 fully saturated rings. The number of amides is 1. The Morgan fingerprint density at radius 1 is 1.16 bits per heavy atom. The molecule has 2 N–H and O–H groups in total. The number of esters is 1. The van der Waals surface area contributed by atoms with E-state index in [9.17, 15) is 38.4 Å². The molecule has 1 spiro atoms. The minimum absolute atomic E-state index is 0.152. The molecule has 1 aliphatic carbocycles. The number of ether oxygens (including phenoxy) is 2. The molecule has 0 bridgehead atoms. The highest BCUT2D eigenvalue weighted by Crippen LogP contribution is 2.61. The van der Waals surface area contributed by atoms with Gasteiger partial charge in [-0.3, -0.25) is 19.7 Å². The molecular weight excluding hydrogens is 693 g/mol. The van der Waals surface area contributed by atoms with E-state index in [2.05, 4.69) is 5.32 Å². The van der Waals surface area contributed by atoms with Crippen molar-refractivity contribution in [2.75, 3.05) is 18.5 Å². The Morgan fingerprint density at radius 2 is 1.93 bits per heavy atom. The minimum Gasteiger partial charge on any atom is -0.493 e. The summed E-state index contributed by atoms with van der Waals surface area (Å²) in [7, 11) is 0. The number of fused-ring (bicyclic) bond motifs is 2. The molecule has 44 heavy (non-hydrogen) atoms. The predicted molar refractivity (Wildman–Crippen MR) is 164 cm³/mol. The summed E-state index contributed by atoms with van der Waals surface area (Å²) in [5.41, 5.74) is 1.33. The molecule has 5 rings (SSSR count). The van der Waals surface area contributed by atoms with Crippen LogP contribution in [0.15, 0.2) is 54.6 Å². The van der Waals surface area contributed by atoms with Crippen LogP contribution in [0.2, 0.25) is 0 Å². The third kappa shape index (κ3) is 7.68. The van der Waals surface area contributed by atoms with Crippen molar-refractivity contribution in [2.45, 2.75) is 44.4 Å². The third-order valence-electron chi connectivity index (χ3n) is 7.54. The molecule has 1 saturated carbocycles. The van der Waals surface area contributed by atoms with E-state index >= 15 is 0 Å². The van der Waals surface area contributed by atoms with Gasteiger partial charge in [-0.05, 0) is 97.2 Å². The van der Waals surface area contributed by atoms with Crippen LogP contribution in [0.1, 0.15) is 54.1 Å². The van der Waals surface area contributed by atoms with Gasteiger partial charge >= 0.3 is 11.9 Å². The maximum absolute atomic E-state index is 13.9. The lowest BCUT2D eigenvalue weighted by Gasteiger charge is -2.27. The molecule has 2 aliphatic rings. The highest BCUT2D eigenvalue weighted by Gasteiger charge is 2.61. The highest BCUT2D eigenvalue weighted by atomic mass is 127. The highest BCUT2D eigenvalue weighted by molar-refractivity contribution is 14.1. The summed E-state index contributed by atoms with van der Waals surface area (Å²) >= 11 is 1.77. The zero-order valence-corrected chi connectivity index (χ0v) is 25.8. The molecule has 1 heterocycles. The molecule has 0 aromatic heterocycles. The summed E-state index contributed by atoms with van der Waals surface area (Å²) in [6.45, 7) is 2.51. The van der Waals surface area contributed by atoms with Crippen LogP contribution in [-0.4, -0.2) is 41.1 Å². The van der Waals surface area contributed by atoms with Crippen molar-refractivity contribution in [1.29, 1.82) is 0 Å². The summed E-state index contributed by atoms with van der Waals surface area (Å²) in [4.78, 5) is 45.6. The molecule has 3 aromatic carbocycles. The van der Waals surface area contributed by atoms with Gasteiger partial charge in [-0.1, -0.05) is 6.07 Å². The van der Waals surface area contributed by atoms with E-state index in [4.69, 9.17) is 9.47 Å². The van der Waals surface area contributed by atoms with Crippen LogP contribution < -0.4 is 10.1 Å². The van der Waals surface area contributed by atoms with E-state index in [0.717, 1.165) is 17.2 Å². The number of halogens is 3. The number of anilines is 1. The third-order valence-corrected chi connectivity index (χ3v) is 8.41. The Hall–Kier alpha value is -4.14. The molecule has 232 valence electrons. The zero-order valence-electron chi connectivity index (χ0n) is 23.6.